The average Bonchev–Trinajstić information content (AvgIpc) is 2.60. The Hall–Kier alpha value is -0.500. The molecule has 0 fully saturated rings. The lowest BCUT2D eigenvalue weighted by Crippen LogP contribution is -1.97. The molecule has 1 aromatic heterocycles. The van der Waals surface area contributed by atoms with Crippen LogP contribution in [0.2, 0.25) is 0 Å². The SMILES string of the molecule is CCCCCCn1cc(CCl)cn1. The van der Waals surface area contributed by atoms with E-state index in [1.165, 1.54) is 25.7 Å². The Kier molecular flexibility index (Phi) is 4.91. The molecule has 0 amide bonds. The second-order valence-corrected chi connectivity index (χ2v) is 3.57. The monoisotopic (exact) mass is 200 g/mol. The molecule has 0 saturated heterocycles. The van der Waals surface area contributed by atoms with Crippen LogP contribution in [0.3, 0.4) is 0 Å². The summed E-state index contributed by atoms with van der Waals surface area (Å²) in [5.41, 5.74) is 1.11. The molecule has 0 aliphatic carbocycles. The van der Waals surface area contributed by atoms with Gasteiger partial charge in [-0.15, -0.1) is 11.6 Å². The van der Waals surface area contributed by atoms with Crippen LogP contribution in [0.25, 0.3) is 0 Å². The predicted molar refractivity (Wildman–Crippen MR) is 55.9 cm³/mol. The Morgan fingerprint density at radius 2 is 2.23 bits per heavy atom. The number of unbranched alkanes of at least 4 members (excludes halogenated alkanes) is 3. The highest BCUT2D eigenvalue weighted by molar-refractivity contribution is 6.17. The normalized spacial score (nSPS) is 10.6. The van der Waals surface area contributed by atoms with E-state index in [0.29, 0.717) is 5.88 Å². The molecular formula is C10H17ClN2. The highest BCUT2D eigenvalue weighted by atomic mass is 35.5. The number of alkyl halides is 1. The van der Waals surface area contributed by atoms with Crippen molar-refractivity contribution in [3.8, 4) is 0 Å². The lowest BCUT2D eigenvalue weighted by Gasteiger charge is -1.99. The van der Waals surface area contributed by atoms with Crippen molar-refractivity contribution in [1.29, 1.82) is 0 Å². The average molecular weight is 201 g/mol. The van der Waals surface area contributed by atoms with Crippen LogP contribution in [0.15, 0.2) is 12.4 Å². The van der Waals surface area contributed by atoms with E-state index in [4.69, 9.17) is 11.6 Å². The van der Waals surface area contributed by atoms with Crippen LogP contribution in [0.4, 0.5) is 0 Å². The van der Waals surface area contributed by atoms with Crippen LogP contribution in [-0.4, -0.2) is 9.78 Å². The van der Waals surface area contributed by atoms with Crippen LogP contribution in [-0.2, 0) is 12.4 Å². The molecule has 1 heterocycles. The van der Waals surface area contributed by atoms with Crippen molar-refractivity contribution in [3.05, 3.63) is 18.0 Å². The molecule has 13 heavy (non-hydrogen) atoms. The number of rotatable bonds is 6. The molecule has 0 aliphatic rings. The van der Waals surface area contributed by atoms with Crippen molar-refractivity contribution in [3.63, 3.8) is 0 Å². The van der Waals surface area contributed by atoms with E-state index in [1.54, 1.807) is 0 Å². The minimum Gasteiger partial charge on any atom is -0.272 e. The van der Waals surface area contributed by atoms with Crippen molar-refractivity contribution in [2.45, 2.75) is 45.0 Å². The molecule has 0 aliphatic heterocycles. The van der Waals surface area contributed by atoms with Crippen molar-refractivity contribution in [2.75, 3.05) is 0 Å². The zero-order valence-corrected chi connectivity index (χ0v) is 8.93. The fourth-order valence-corrected chi connectivity index (χ4v) is 1.44. The highest BCUT2D eigenvalue weighted by Gasteiger charge is 1.96. The number of aromatic nitrogens is 2. The molecule has 0 N–H and O–H groups in total. The topological polar surface area (TPSA) is 17.8 Å². The van der Waals surface area contributed by atoms with Gasteiger partial charge in [0.15, 0.2) is 0 Å². The number of hydrogen-bond donors (Lipinski definition) is 0. The van der Waals surface area contributed by atoms with E-state index in [9.17, 15) is 0 Å². The van der Waals surface area contributed by atoms with Gasteiger partial charge in [-0.25, -0.2) is 0 Å². The molecule has 0 aromatic carbocycles. The first-order valence-electron chi connectivity index (χ1n) is 4.94. The molecule has 2 nitrogen and oxygen atoms in total. The lowest BCUT2D eigenvalue weighted by molar-refractivity contribution is 0.541. The van der Waals surface area contributed by atoms with Crippen LogP contribution in [0.1, 0.15) is 38.2 Å². The van der Waals surface area contributed by atoms with Crippen LogP contribution >= 0.6 is 11.6 Å². The molecule has 74 valence electrons. The third kappa shape index (κ3) is 3.81. The third-order valence-corrected chi connectivity index (χ3v) is 2.39. The number of nitrogens with zero attached hydrogens (tertiary/aromatic N) is 2. The van der Waals surface area contributed by atoms with Crippen LogP contribution in [0.5, 0.6) is 0 Å². The van der Waals surface area contributed by atoms with Gasteiger partial charge in [-0.2, -0.15) is 5.10 Å². The van der Waals surface area contributed by atoms with E-state index in [1.807, 2.05) is 17.1 Å². The molecule has 3 heteroatoms. The summed E-state index contributed by atoms with van der Waals surface area (Å²) in [6.07, 6.45) is 8.99. The Morgan fingerprint density at radius 3 is 2.85 bits per heavy atom. The minimum atomic E-state index is 0.564. The van der Waals surface area contributed by atoms with Crippen molar-refractivity contribution < 1.29 is 0 Å². The maximum atomic E-state index is 5.67. The summed E-state index contributed by atoms with van der Waals surface area (Å²) in [5, 5.41) is 4.22. The fraction of sp³-hybridized carbons (Fsp3) is 0.700. The summed E-state index contributed by atoms with van der Waals surface area (Å²) in [5.74, 6) is 0.564. The van der Waals surface area contributed by atoms with Crippen molar-refractivity contribution >= 4 is 11.6 Å². The van der Waals surface area contributed by atoms with E-state index in [0.717, 1.165) is 12.1 Å². The molecule has 0 bridgehead atoms. The van der Waals surface area contributed by atoms with Gasteiger partial charge in [0.25, 0.3) is 0 Å². The van der Waals surface area contributed by atoms with Gasteiger partial charge < -0.3 is 0 Å². The molecule has 0 unspecified atom stereocenters. The number of aryl methyl sites for hydroxylation is 1. The first kappa shape index (κ1) is 10.6. The molecule has 1 rings (SSSR count). The fourth-order valence-electron chi connectivity index (χ4n) is 1.30. The minimum absolute atomic E-state index is 0.564. The summed E-state index contributed by atoms with van der Waals surface area (Å²) in [6.45, 7) is 3.25. The van der Waals surface area contributed by atoms with Crippen molar-refractivity contribution in [1.82, 2.24) is 9.78 Å². The first-order valence-corrected chi connectivity index (χ1v) is 5.47. The van der Waals surface area contributed by atoms with E-state index >= 15 is 0 Å². The van der Waals surface area contributed by atoms with E-state index < -0.39 is 0 Å². The van der Waals surface area contributed by atoms with Gasteiger partial charge in [0.05, 0.1) is 12.1 Å². The van der Waals surface area contributed by atoms with Gasteiger partial charge in [-0.1, -0.05) is 26.2 Å². The van der Waals surface area contributed by atoms with Gasteiger partial charge in [-0.05, 0) is 6.42 Å². The summed E-state index contributed by atoms with van der Waals surface area (Å²) in [6, 6.07) is 0. The summed E-state index contributed by atoms with van der Waals surface area (Å²) in [4.78, 5) is 0. The number of hydrogen-bond acceptors (Lipinski definition) is 1. The smallest absolute Gasteiger partial charge is 0.0533 e. The highest BCUT2D eigenvalue weighted by Crippen LogP contribution is 2.04. The first-order chi connectivity index (χ1) is 6.36. The summed E-state index contributed by atoms with van der Waals surface area (Å²) >= 11 is 5.67. The number of halogens is 1. The molecule has 0 radical (unpaired) electrons. The molecule has 0 saturated carbocycles. The van der Waals surface area contributed by atoms with E-state index in [-0.39, 0.29) is 0 Å². The standard InChI is InChI=1S/C10H17ClN2/c1-2-3-4-5-6-13-9-10(7-11)8-12-13/h8-9H,2-7H2,1H3. The van der Waals surface area contributed by atoms with Gasteiger partial charge in [-0.3, -0.25) is 4.68 Å². The summed E-state index contributed by atoms with van der Waals surface area (Å²) in [7, 11) is 0. The molecular weight excluding hydrogens is 184 g/mol. The van der Waals surface area contributed by atoms with Gasteiger partial charge >= 0.3 is 0 Å². The largest absolute Gasteiger partial charge is 0.272 e. The molecule has 0 spiro atoms. The Bertz CT molecular complexity index is 233. The Labute approximate surface area is 84.9 Å². The lowest BCUT2D eigenvalue weighted by atomic mass is 10.2. The van der Waals surface area contributed by atoms with Gasteiger partial charge in [0, 0.05) is 18.3 Å². The van der Waals surface area contributed by atoms with E-state index in [2.05, 4.69) is 12.0 Å². The molecule has 0 atom stereocenters. The summed E-state index contributed by atoms with van der Waals surface area (Å²) < 4.78 is 1.98. The van der Waals surface area contributed by atoms with Crippen LogP contribution < -0.4 is 0 Å². The second-order valence-electron chi connectivity index (χ2n) is 3.31. The third-order valence-electron chi connectivity index (χ3n) is 2.08. The second kappa shape index (κ2) is 6.03. The zero-order chi connectivity index (χ0) is 9.52. The maximum absolute atomic E-state index is 5.67. The quantitative estimate of drug-likeness (QED) is 0.510. The Balaban J connectivity index is 2.20. The Morgan fingerprint density at radius 1 is 1.38 bits per heavy atom. The van der Waals surface area contributed by atoms with Crippen LogP contribution in [0, 0.1) is 0 Å². The van der Waals surface area contributed by atoms with Gasteiger partial charge in [0.1, 0.15) is 0 Å². The maximum Gasteiger partial charge on any atom is 0.0533 e. The zero-order valence-electron chi connectivity index (χ0n) is 8.17. The molecule has 1 aromatic rings. The predicted octanol–water partition coefficient (Wildman–Crippen LogP) is 3.20. The van der Waals surface area contributed by atoms with Crippen molar-refractivity contribution in [2.24, 2.45) is 0 Å². The van der Waals surface area contributed by atoms with Gasteiger partial charge in [0.2, 0.25) is 0 Å².